The molecule has 2 saturated heterocycles. The van der Waals surface area contributed by atoms with Crippen molar-refractivity contribution in [1.29, 1.82) is 0 Å². The first-order chi connectivity index (χ1) is 9.17. The van der Waals surface area contributed by atoms with E-state index in [9.17, 15) is 0 Å². The third kappa shape index (κ3) is 5.74. The zero-order chi connectivity index (χ0) is 13.7. The van der Waals surface area contributed by atoms with Crippen LogP contribution < -0.4 is 0 Å². The first-order valence-corrected chi connectivity index (χ1v) is 6.14. The lowest BCUT2D eigenvalue weighted by Crippen LogP contribution is -2.06. The first kappa shape index (κ1) is 13.9. The lowest BCUT2D eigenvalue weighted by Gasteiger charge is -1.96. The molecule has 0 radical (unpaired) electrons. The SMILES string of the molecule is C(OCC1CO1)C1CO1.C=Cc1cc(O)cc(O)c1. The summed E-state index contributed by atoms with van der Waals surface area (Å²) >= 11 is 0. The number of hydrogen-bond acceptors (Lipinski definition) is 5. The summed E-state index contributed by atoms with van der Waals surface area (Å²) in [5.41, 5.74) is 0.706. The van der Waals surface area contributed by atoms with Crippen molar-refractivity contribution in [3.05, 3.63) is 30.3 Å². The molecule has 0 aromatic heterocycles. The van der Waals surface area contributed by atoms with Gasteiger partial charge in [-0.15, -0.1) is 0 Å². The monoisotopic (exact) mass is 266 g/mol. The standard InChI is InChI=1S/C8H8O2.C6H10O3/c1-2-6-3-7(9)5-8(10)4-6;1(5-3-8-5)7-2-6-4-9-6/h2-5,9-10H,1H2;5-6H,1-4H2. The second-order valence-electron chi connectivity index (χ2n) is 4.44. The fraction of sp³-hybridized carbons (Fsp3) is 0.429. The molecule has 19 heavy (non-hydrogen) atoms. The van der Waals surface area contributed by atoms with Gasteiger partial charge in [-0.3, -0.25) is 0 Å². The Morgan fingerprint density at radius 1 is 1.11 bits per heavy atom. The van der Waals surface area contributed by atoms with E-state index >= 15 is 0 Å². The Morgan fingerprint density at radius 2 is 1.58 bits per heavy atom. The molecular formula is C14H18O5. The van der Waals surface area contributed by atoms with E-state index in [-0.39, 0.29) is 11.5 Å². The summed E-state index contributed by atoms with van der Waals surface area (Å²) in [7, 11) is 0. The minimum Gasteiger partial charge on any atom is -0.508 e. The third-order valence-corrected chi connectivity index (χ3v) is 2.57. The maximum absolute atomic E-state index is 8.92. The van der Waals surface area contributed by atoms with Crippen LogP contribution in [0, 0.1) is 0 Å². The van der Waals surface area contributed by atoms with Crippen LogP contribution in [-0.4, -0.2) is 48.8 Å². The van der Waals surface area contributed by atoms with Gasteiger partial charge in [-0.25, -0.2) is 0 Å². The van der Waals surface area contributed by atoms with Crippen LogP contribution in [0.5, 0.6) is 11.5 Å². The topological polar surface area (TPSA) is 74.8 Å². The van der Waals surface area contributed by atoms with Gasteiger partial charge in [0.1, 0.15) is 23.7 Å². The van der Waals surface area contributed by atoms with Crippen molar-refractivity contribution in [2.75, 3.05) is 26.4 Å². The predicted molar refractivity (Wildman–Crippen MR) is 70.2 cm³/mol. The number of epoxide rings is 2. The minimum absolute atomic E-state index is 0.0508. The van der Waals surface area contributed by atoms with Crippen LogP contribution in [0.2, 0.25) is 0 Å². The fourth-order valence-electron chi connectivity index (χ4n) is 1.40. The van der Waals surface area contributed by atoms with Crippen molar-refractivity contribution < 1.29 is 24.4 Å². The summed E-state index contributed by atoms with van der Waals surface area (Å²) in [4.78, 5) is 0. The molecule has 0 spiro atoms. The molecule has 1 aromatic carbocycles. The predicted octanol–water partition coefficient (Wildman–Crippen LogP) is 1.54. The summed E-state index contributed by atoms with van der Waals surface area (Å²) < 4.78 is 15.1. The number of hydrogen-bond donors (Lipinski definition) is 2. The van der Waals surface area contributed by atoms with Gasteiger partial charge in [-0.05, 0) is 17.7 Å². The smallest absolute Gasteiger partial charge is 0.119 e. The molecule has 2 aliphatic heterocycles. The highest BCUT2D eigenvalue weighted by molar-refractivity contribution is 5.52. The Labute approximate surface area is 112 Å². The van der Waals surface area contributed by atoms with E-state index in [0.29, 0.717) is 17.8 Å². The van der Waals surface area contributed by atoms with E-state index in [0.717, 1.165) is 26.4 Å². The maximum Gasteiger partial charge on any atom is 0.119 e. The van der Waals surface area contributed by atoms with Gasteiger partial charge in [-0.2, -0.15) is 0 Å². The third-order valence-electron chi connectivity index (χ3n) is 2.57. The van der Waals surface area contributed by atoms with E-state index in [1.165, 1.54) is 18.2 Å². The van der Waals surface area contributed by atoms with E-state index < -0.39 is 0 Å². The number of phenols is 2. The summed E-state index contributed by atoms with van der Waals surface area (Å²) in [5.74, 6) is 0.102. The van der Waals surface area contributed by atoms with Crippen LogP contribution in [-0.2, 0) is 14.2 Å². The highest BCUT2D eigenvalue weighted by atomic mass is 16.6. The van der Waals surface area contributed by atoms with Crippen molar-refractivity contribution in [2.45, 2.75) is 12.2 Å². The van der Waals surface area contributed by atoms with Gasteiger partial charge in [-0.1, -0.05) is 12.7 Å². The highest BCUT2D eigenvalue weighted by Gasteiger charge is 2.26. The molecule has 104 valence electrons. The molecule has 1 aromatic rings. The first-order valence-electron chi connectivity index (χ1n) is 6.14. The lowest BCUT2D eigenvalue weighted by molar-refractivity contribution is 0.102. The molecule has 0 saturated carbocycles. The quantitative estimate of drug-likeness (QED) is 0.791. The normalized spacial score (nSPS) is 23.2. The highest BCUT2D eigenvalue weighted by Crippen LogP contribution is 2.20. The molecule has 2 unspecified atom stereocenters. The summed E-state index contributed by atoms with van der Waals surface area (Å²) in [6, 6.07) is 4.31. The Bertz CT molecular complexity index is 392. The molecule has 0 aliphatic carbocycles. The Hall–Kier alpha value is -1.56. The van der Waals surface area contributed by atoms with Crippen LogP contribution >= 0.6 is 0 Å². The lowest BCUT2D eigenvalue weighted by atomic mass is 10.2. The van der Waals surface area contributed by atoms with Crippen LogP contribution in [0.1, 0.15) is 5.56 Å². The van der Waals surface area contributed by atoms with Crippen molar-refractivity contribution >= 4 is 6.08 Å². The number of benzene rings is 1. The Balaban J connectivity index is 0.000000141. The summed E-state index contributed by atoms with van der Waals surface area (Å²) in [6.07, 6.45) is 2.34. The second-order valence-corrected chi connectivity index (χ2v) is 4.44. The maximum atomic E-state index is 8.92. The average Bonchev–Trinajstić information content (AvgIpc) is 3.23. The number of aromatic hydroxyl groups is 2. The van der Waals surface area contributed by atoms with E-state index in [1.807, 2.05) is 0 Å². The molecule has 0 bridgehead atoms. The number of ether oxygens (including phenoxy) is 3. The van der Waals surface area contributed by atoms with E-state index in [1.54, 1.807) is 6.08 Å². The van der Waals surface area contributed by atoms with Gasteiger partial charge < -0.3 is 24.4 Å². The molecular weight excluding hydrogens is 248 g/mol. The van der Waals surface area contributed by atoms with Gasteiger partial charge >= 0.3 is 0 Å². The van der Waals surface area contributed by atoms with Gasteiger partial charge in [0.05, 0.1) is 26.4 Å². The van der Waals surface area contributed by atoms with Crippen LogP contribution in [0.25, 0.3) is 6.08 Å². The molecule has 2 N–H and O–H groups in total. The second kappa shape index (κ2) is 6.56. The van der Waals surface area contributed by atoms with Crippen LogP contribution in [0.4, 0.5) is 0 Å². The number of rotatable bonds is 5. The molecule has 3 rings (SSSR count). The Morgan fingerprint density at radius 3 is 1.95 bits per heavy atom. The number of phenolic OH excluding ortho intramolecular Hbond substituents is 2. The average molecular weight is 266 g/mol. The van der Waals surface area contributed by atoms with Crippen molar-refractivity contribution in [3.63, 3.8) is 0 Å². The van der Waals surface area contributed by atoms with E-state index in [2.05, 4.69) is 6.58 Å². The minimum atomic E-state index is 0.0508. The summed E-state index contributed by atoms with van der Waals surface area (Å²) in [6.45, 7) is 6.75. The van der Waals surface area contributed by atoms with Gasteiger partial charge in [0.15, 0.2) is 0 Å². The Kier molecular flexibility index (Phi) is 4.79. The van der Waals surface area contributed by atoms with Crippen LogP contribution in [0.3, 0.4) is 0 Å². The molecule has 2 atom stereocenters. The molecule has 0 amide bonds. The van der Waals surface area contributed by atoms with Gasteiger partial charge in [0.25, 0.3) is 0 Å². The largest absolute Gasteiger partial charge is 0.508 e. The molecule has 5 nitrogen and oxygen atoms in total. The zero-order valence-electron chi connectivity index (χ0n) is 10.6. The van der Waals surface area contributed by atoms with Crippen LogP contribution in [0.15, 0.2) is 24.8 Å². The zero-order valence-corrected chi connectivity index (χ0v) is 10.6. The molecule has 2 heterocycles. The molecule has 2 fully saturated rings. The van der Waals surface area contributed by atoms with Gasteiger partial charge in [0, 0.05) is 6.07 Å². The molecule has 2 aliphatic rings. The summed E-state index contributed by atoms with van der Waals surface area (Å²) in [5, 5.41) is 17.8. The fourth-order valence-corrected chi connectivity index (χ4v) is 1.40. The van der Waals surface area contributed by atoms with Gasteiger partial charge in [0.2, 0.25) is 0 Å². The van der Waals surface area contributed by atoms with Crippen molar-refractivity contribution in [1.82, 2.24) is 0 Å². The molecule has 5 heteroatoms. The van der Waals surface area contributed by atoms with Crippen molar-refractivity contribution in [3.8, 4) is 11.5 Å². The van der Waals surface area contributed by atoms with E-state index in [4.69, 9.17) is 24.4 Å². The van der Waals surface area contributed by atoms with Crippen molar-refractivity contribution in [2.24, 2.45) is 0 Å².